The molecular weight excluding hydrogens is 340 g/mol. The molecule has 1 atom stereocenters. The predicted octanol–water partition coefficient (Wildman–Crippen LogP) is 2.40. The average molecular weight is 360 g/mol. The van der Waals surface area contributed by atoms with Crippen LogP contribution in [0, 0.1) is 0 Å². The maximum Gasteiger partial charge on any atom is 0.261 e. The summed E-state index contributed by atoms with van der Waals surface area (Å²) in [7, 11) is -3.75. The Labute approximate surface area is 147 Å². The Hall–Kier alpha value is -2.38. The Morgan fingerprint density at radius 3 is 2.64 bits per heavy atom. The number of anilines is 1. The SMILES string of the molecule is O=C(NCC1CCCO1)c1cccc(S(=O)(=O)Nc2ccccc2)c1. The van der Waals surface area contributed by atoms with Crippen molar-refractivity contribution in [3.63, 3.8) is 0 Å². The van der Waals surface area contributed by atoms with Gasteiger partial charge in [0, 0.05) is 24.4 Å². The Kier molecular flexibility index (Phi) is 5.35. The van der Waals surface area contributed by atoms with Gasteiger partial charge in [-0.3, -0.25) is 9.52 Å². The number of carbonyl (C=O) groups is 1. The molecule has 132 valence electrons. The van der Waals surface area contributed by atoms with E-state index in [0.717, 1.165) is 19.4 Å². The number of para-hydroxylation sites is 1. The van der Waals surface area contributed by atoms with Crippen molar-refractivity contribution in [3.05, 3.63) is 60.2 Å². The van der Waals surface area contributed by atoms with Crippen LogP contribution in [-0.4, -0.2) is 33.6 Å². The highest BCUT2D eigenvalue weighted by Crippen LogP contribution is 2.17. The predicted molar refractivity (Wildman–Crippen MR) is 95.0 cm³/mol. The Morgan fingerprint density at radius 1 is 1.12 bits per heavy atom. The van der Waals surface area contributed by atoms with Crippen LogP contribution >= 0.6 is 0 Å². The standard InChI is InChI=1S/C18H20N2O4S/c21-18(19-13-16-9-5-11-24-16)14-6-4-10-17(12-14)25(22,23)20-15-7-2-1-3-8-15/h1-4,6-8,10,12,16,20H,5,9,11,13H2,(H,19,21). The van der Waals surface area contributed by atoms with E-state index in [1.54, 1.807) is 42.5 Å². The van der Waals surface area contributed by atoms with Gasteiger partial charge in [-0.05, 0) is 43.2 Å². The summed E-state index contributed by atoms with van der Waals surface area (Å²) in [4.78, 5) is 12.3. The summed E-state index contributed by atoms with van der Waals surface area (Å²) in [5, 5.41) is 2.79. The van der Waals surface area contributed by atoms with E-state index in [4.69, 9.17) is 4.74 Å². The second-order valence-electron chi connectivity index (χ2n) is 5.84. The monoisotopic (exact) mass is 360 g/mol. The van der Waals surface area contributed by atoms with Crippen molar-refractivity contribution in [1.29, 1.82) is 0 Å². The van der Waals surface area contributed by atoms with Crippen molar-refractivity contribution in [1.82, 2.24) is 5.32 Å². The van der Waals surface area contributed by atoms with Gasteiger partial charge in [0.15, 0.2) is 0 Å². The first-order valence-corrected chi connectivity index (χ1v) is 9.61. The Balaban J connectivity index is 1.70. The molecule has 1 saturated heterocycles. The van der Waals surface area contributed by atoms with Gasteiger partial charge in [-0.2, -0.15) is 0 Å². The van der Waals surface area contributed by atoms with Crippen LogP contribution < -0.4 is 10.0 Å². The average Bonchev–Trinajstić information content (AvgIpc) is 3.14. The molecule has 2 aromatic rings. The summed E-state index contributed by atoms with van der Waals surface area (Å²) in [5.41, 5.74) is 0.768. The zero-order chi connectivity index (χ0) is 17.7. The van der Waals surface area contributed by atoms with E-state index < -0.39 is 10.0 Å². The van der Waals surface area contributed by atoms with Crippen LogP contribution in [0.3, 0.4) is 0 Å². The van der Waals surface area contributed by atoms with E-state index in [1.165, 1.54) is 12.1 Å². The van der Waals surface area contributed by atoms with Crippen LogP contribution in [-0.2, 0) is 14.8 Å². The number of hydrogen-bond donors (Lipinski definition) is 2. The van der Waals surface area contributed by atoms with Gasteiger partial charge in [-0.1, -0.05) is 24.3 Å². The lowest BCUT2D eigenvalue weighted by molar-refractivity contribution is 0.0857. The first-order valence-electron chi connectivity index (χ1n) is 8.12. The van der Waals surface area contributed by atoms with E-state index >= 15 is 0 Å². The van der Waals surface area contributed by atoms with Crippen molar-refractivity contribution in [2.75, 3.05) is 17.9 Å². The summed E-state index contributed by atoms with van der Waals surface area (Å²) < 4.78 is 32.9. The number of carbonyl (C=O) groups excluding carboxylic acids is 1. The van der Waals surface area contributed by atoms with Crippen LogP contribution in [0.4, 0.5) is 5.69 Å². The van der Waals surface area contributed by atoms with E-state index in [-0.39, 0.29) is 16.9 Å². The summed E-state index contributed by atoms with van der Waals surface area (Å²) in [6.45, 7) is 1.15. The van der Waals surface area contributed by atoms with Crippen LogP contribution in [0.2, 0.25) is 0 Å². The Morgan fingerprint density at radius 2 is 1.92 bits per heavy atom. The van der Waals surface area contributed by atoms with Gasteiger partial charge in [0.2, 0.25) is 0 Å². The number of rotatable bonds is 6. The highest BCUT2D eigenvalue weighted by Gasteiger charge is 2.19. The molecule has 1 fully saturated rings. The minimum absolute atomic E-state index is 0.0376. The van der Waals surface area contributed by atoms with E-state index in [0.29, 0.717) is 17.8 Å². The van der Waals surface area contributed by atoms with Crippen molar-refractivity contribution < 1.29 is 17.9 Å². The summed E-state index contributed by atoms with van der Waals surface area (Å²) >= 11 is 0. The highest BCUT2D eigenvalue weighted by molar-refractivity contribution is 7.92. The molecule has 1 unspecified atom stereocenters. The molecule has 0 bridgehead atoms. The molecule has 2 N–H and O–H groups in total. The van der Waals surface area contributed by atoms with E-state index in [1.807, 2.05) is 0 Å². The number of amides is 1. The van der Waals surface area contributed by atoms with Crippen molar-refractivity contribution >= 4 is 21.6 Å². The maximum absolute atomic E-state index is 12.5. The fourth-order valence-electron chi connectivity index (χ4n) is 2.64. The molecule has 6 nitrogen and oxygen atoms in total. The number of hydrogen-bond acceptors (Lipinski definition) is 4. The summed E-state index contributed by atoms with van der Waals surface area (Å²) in [5.74, 6) is -0.313. The molecule has 0 saturated carbocycles. The molecule has 1 aliphatic heterocycles. The minimum Gasteiger partial charge on any atom is -0.376 e. The van der Waals surface area contributed by atoms with Gasteiger partial charge in [0.1, 0.15) is 0 Å². The van der Waals surface area contributed by atoms with Gasteiger partial charge >= 0.3 is 0 Å². The first kappa shape index (κ1) is 17.4. The van der Waals surface area contributed by atoms with Crippen molar-refractivity contribution in [3.8, 4) is 0 Å². The van der Waals surface area contributed by atoms with Gasteiger partial charge in [0.25, 0.3) is 15.9 Å². The quantitative estimate of drug-likeness (QED) is 0.828. The largest absolute Gasteiger partial charge is 0.376 e. The molecule has 1 aliphatic rings. The maximum atomic E-state index is 12.5. The molecule has 1 heterocycles. The summed E-state index contributed by atoms with van der Waals surface area (Å²) in [6.07, 6.45) is 1.96. The molecular formula is C18H20N2O4S. The lowest BCUT2D eigenvalue weighted by Crippen LogP contribution is -2.31. The van der Waals surface area contributed by atoms with Crippen molar-refractivity contribution in [2.24, 2.45) is 0 Å². The molecule has 0 spiro atoms. The topological polar surface area (TPSA) is 84.5 Å². The second-order valence-corrected chi connectivity index (χ2v) is 7.53. The Bertz CT molecular complexity index is 831. The van der Waals surface area contributed by atoms with Crippen LogP contribution in [0.1, 0.15) is 23.2 Å². The lowest BCUT2D eigenvalue weighted by atomic mass is 10.2. The zero-order valence-corrected chi connectivity index (χ0v) is 14.5. The zero-order valence-electron chi connectivity index (χ0n) is 13.6. The minimum atomic E-state index is -3.75. The molecule has 0 aliphatic carbocycles. The molecule has 25 heavy (non-hydrogen) atoms. The summed E-state index contributed by atoms with van der Waals surface area (Å²) in [6, 6.07) is 14.6. The van der Waals surface area contributed by atoms with Crippen LogP contribution in [0.25, 0.3) is 0 Å². The fourth-order valence-corrected chi connectivity index (χ4v) is 3.74. The van der Waals surface area contributed by atoms with Crippen LogP contribution in [0.15, 0.2) is 59.5 Å². The normalized spacial score (nSPS) is 17.2. The third-order valence-corrected chi connectivity index (χ3v) is 5.33. The number of nitrogens with one attached hydrogen (secondary N) is 2. The molecule has 0 radical (unpaired) electrons. The van der Waals surface area contributed by atoms with Crippen molar-refractivity contribution in [2.45, 2.75) is 23.8 Å². The smallest absolute Gasteiger partial charge is 0.261 e. The third kappa shape index (κ3) is 4.58. The van der Waals surface area contributed by atoms with E-state index in [9.17, 15) is 13.2 Å². The lowest BCUT2D eigenvalue weighted by Gasteiger charge is -2.12. The molecule has 2 aromatic carbocycles. The number of benzene rings is 2. The number of ether oxygens (including phenoxy) is 1. The molecule has 1 amide bonds. The van der Waals surface area contributed by atoms with Gasteiger partial charge in [-0.25, -0.2) is 8.42 Å². The van der Waals surface area contributed by atoms with Gasteiger partial charge in [0.05, 0.1) is 11.0 Å². The third-order valence-electron chi connectivity index (χ3n) is 3.95. The van der Waals surface area contributed by atoms with Gasteiger partial charge < -0.3 is 10.1 Å². The number of sulfonamides is 1. The fraction of sp³-hybridized carbons (Fsp3) is 0.278. The first-order chi connectivity index (χ1) is 12.0. The second kappa shape index (κ2) is 7.67. The van der Waals surface area contributed by atoms with Gasteiger partial charge in [-0.15, -0.1) is 0 Å². The molecule has 0 aromatic heterocycles. The van der Waals surface area contributed by atoms with E-state index in [2.05, 4.69) is 10.0 Å². The molecule has 7 heteroatoms. The van der Waals surface area contributed by atoms with Crippen LogP contribution in [0.5, 0.6) is 0 Å². The molecule has 3 rings (SSSR count). The highest BCUT2D eigenvalue weighted by atomic mass is 32.2.